The quantitative estimate of drug-likeness (QED) is 0.501. The van der Waals surface area contributed by atoms with E-state index in [0.29, 0.717) is 24.6 Å². The number of para-hydroxylation sites is 2. The van der Waals surface area contributed by atoms with Crippen molar-refractivity contribution in [3.63, 3.8) is 0 Å². The van der Waals surface area contributed by atoms with Crippen molar-refractivity contribution in [1.82, 2.24) is 9.80 Å². The lowest BCUT2D eigenvalue weighted by molar-refractivity contribution is -0.117. The van der Waals surface area contributed by atoms with E-state index >= 15 is 0 Å². The fourth-order valence-electron chi connectivity index (χ4n) is 3.61. The van der Waals surface area contributed by atoms with Crippen molar-refractivity contribution in [2.24, 2.45) is 0 Å². The van der Waals surface area contributed by atoms with Crippen LogP contribution in [-0.2, 0) is 4.79 Å². The van der Waals surface area contributed by atoms with Gasteiger partial charge in [-0.15, -0.1) is 11.8 Å². The number of anilines is 1. The molecular formula is C24H33N3O4S. The Morgan fingerprint density at radius 2 is 1.72 bits per heavy atom. The van der Waals surface area contributed by atoms with E-state index in [9.17, 15) is 9.90 Å². The SMILES string of the molecule is CCSc1ccc(NC(=O)CN2CCN(CC(O)COc3ccccc3OC)CC2)cc1. The molecule has 2 N–H and O–H groups in total. The summed E-state index contributed by atoms with van der Waals surface area (Å²) in [5.41, 5.74) is 0.826. The van der Waals surface area contributed by atoms with E-state index in [0.717, 1.165) is 37.6 Å². The van der Waals surface area contributed by atoms with Crippen LogP contribution in [-0.4, -0.2) is 85.7 Å². The van der Waals surface area contributed by atoms with Gasteiger partial charge < -0.3 is 19.9 Å². The van der Waals surface area contributed by atoms with Crippen LogP contribution < -0.4 is 14.8 Å². The summed E-state index contributed by atoms with van der Waals surface area (Å²) in [7, 11) is 1.60. The minimum atomic E-state index is -0.594. The number of aliphatic hydroxyl groups excluding tert-OH is 1. The van der Waals surface area contributed by atoms with Crippen LogP contribution in [0.4, 0.5) is 5.69 Å². The fraction of sp³-hybridized carbons (Fsp3) is 0.458. The lowest BCUT2D eigenvalue weighted by Gasteiger charge is -2.35. The van der Waals surface area contributed by atoms with Gasteiger partial charge in [0, 0.05) is 43.3 Å². The molecule has 1 unspecified atom stereocenters. The highest BCUT2D eigenvalue weighted by atomic mass is 32.2. The van der Waals surface area contributed by atoms with Crippen LogP contribution in [0.5, 0.6) is 11.5 Å². The smallest absolute Gasteiger partial charge is 0.238 e. The molecule has 3 rings (SSSR count). The largest absolute Gasteiger partial charge is 0.493 e. The van der Waals surface area contributed by atoms with Crippen molar-refractivity contribution in [1.29, 1.82) is 0 Å². The van der Waals surface area contributed by atoms with Crippen LogP contribution in [0, 0.1) is 0 Å². The molecular weight excluding hydrogens is 426 g/mol. The van der Waals surface area contributed by atoms with Gasteiger partial charge in [-0.25, -0.2) is 0 Å². The highest BCUT2D eigenvalue weighted by Crippen LogP contribution is 2.25. The molecule has 1 heterocycles. The van der Waals surface area contributed by atoms with Gasteiger partial charge >= 0.3 is 0 Å². The van der Waals surface area contributed by atoms with Crippen LogP contribution in [0.15, 0.2) is 53.4 Å². The standard InChI is InChI=1S/C24H33N3O4S/c1-3-32-21-10-8-19(9-11-21)25-24(29)17-27-14-12-26(13-15-27)16-20(28)18-31-23-7-5-4-6-22(23)30-2/h4-11,20,28H,3,12-18H2,1-2H3,(H,25,29). The topological polar surface area (TPSA) is 74.3 Å². The Hall–Kier alpha value is -2.26. The van der Waals surface area contributed by atoms with Gasteiger partial charge in [0.2, 0.25) is 5.91 Å². The number of ether oxygens (including phenoxy) is 2. The van der Waals surface area contributed by atoms with Gasteiger partial charge in [-0.1, -0.05) is 19.1 Å². The molecule has 1 fully saturated rings. The summed E-state index contributed by atoms with van der Waals surface area (Å²) in [5, 5.41) is 13.3. The Morgan fingerprint density at radius 3 is 2.38 bits per heavy atom. The molecule has 1 saturated heterocycles. The van der Waals surface area contributed by atoms with Crippen molar-refractivity contribution in [2.75, 3.05) is 64.1 Å². The summed E-state index contributed by atoms with van der Waals surface area (Å²) in [6.45, 7) is 6.44. The van der Waals surface area contributed by atoms with Crippen LogP contribution in [0.2, 0.25) is 0 Å². The van der Waals surface area contributed by atoms with Crippen LogP contribution in [0.25, 0.3) is 0 Å². The summed E-state index contributed by atoms with van der Waals surface area (Å²) in [6.07, 6.45) is -0.594. The second-order valence-corrected chi connectivity index (χ2v) is 9.04. The number of carbonyl (C=O) groups excluding carboxylic acids is 1. The molecule has 2 aromatic rings. The maximum absolute atomic E-state index is 12.4. The molecule has 1 aliphatic rings. The molecule has 0 saturated carbocycles. The normalized spacial score (nSPS) is 15.8. The molecule has 1 amide bonds. The number of hydrogen-bond acceptors (Lipinski definition) is 7. The van der Waals surface area contributed by atoms with E-state index in [1.165, 1.54) is 4.90 Å². The van der Waals surface area contributed by atoms with E-state index in [1.54, 1.807) is 18.9 Å². The lowest BCUT2D eigenvalue weighted by Crippen LogP contribution is -2.50. The molecule has 0 aromatic heterocycles. The molecule has 1 atom stereocenters. The Balaban J connectivity index is 1.35. The predicted molar refractivity (Wildman–Crippen MR) is 129 cm³/mol. The number of piperazine rings is 1. The number of benzene rings is 2. The molecule has 0 aliphatic carbocycles. The molecule has 2 aromatic carbocycles. The third-order valence-electron chi connectivity index (χ3n) is 5.25. The second kappa shape index (κ2) is 12.7. The summed E-state index contributed by atoms with van der Waals surface area (Å²) >= 11 is 1.78. The van der Waals surface area contributed by atoms with Crippen molar-refractivity contribution in [2.45, 2.75) is 17.9 Å². The maximum Gasteiger partial charge on any atom is 0.238 e. The average molecular weight is 460 g/mol. The minimum Gasteiger partial charge on any atom is -0.493 e. The van der Waals surface area contributed by atoms with Crippen molar-refractivity contribution < 1.29 is 19.4 Å². The zero-order valence-electron chi connectivity index (χ0n) is 18.8. The monoisotopic (exact) mass is 459 g/mol. The summed E-state index contributed by atoms with van der Waals surface area (Å²) < 4.78 is 11.0. The molecule has 8 heteroatoms. The average Bonchev–Trinajstić information content (AvgIpc) is 2.80. The highest BCUT2D eigenvalue weighted by Gasteiger charge is 2.21. The Morgan fingerprint density at radius 1 is 1.06 bits per heavy atom. The number of nitrogens with zero attached hydrogens (tertiary/aromatic N) is 2. The number of β-amino-alcohol motifs (C(OH)–C–C–N with tert-alkyl or cyclic N) is 1. The number of hydrogen-bond donors (Lipinski definition) is 2. The van der Waals surface area contributed by atoms with Gasteiger partial charge in [0.25, 0.3) is 0 Å². The summed E-state index contributed by atoms with van der Waals surface area (Å²) in [5.74, 6) is 2.31. The van der Waals surface area contributed by atoms with E-state index in [-0.39, 0.29) is 12.5 Å². The number of aliphatic hydroxyl groups is 1. The number of nitrogens with one attached hydrogen (secondary N) is 1. The van der Waals surface area contributed by atoms with Crippen LogP contribution >= 0.6 is 11.8 Å². The molecule has 1 aliphatic heterocycles. The molecule has 174 valence electrons. The zero-order chi connectivity index (χ0) is 22.8. The Labute approximate surface area is 194 Å². The first-order chi connectivity index (χ1) is 15.6. The van der Waals surface area contributed by atoms with Gasteiger partial charge in [-0.3, -0.25) is 14.6 Å². The van der Waals surface area contributed by atoms with Gasteiger partial charge in [0.05, 0.1) is 13.7 Å². The molecule has 0 spiro atoms. The Bertz CT molecular complexity index is 841. The molecule has 7 nitrogen and oxygen atoms in total. The lowest BCUT2D eigenvalue weighted by atomic mass is 10.2. The third-order valence-corrected chi connectivity index (χ3v) is 6.14. The van der Waals surface area contributed by atoms with E-state index in [2.05, 4.69) is 22.0 Å². The third kappa shape index (κ3) is 7.70. The number of amides is 1. The van der Waals surface area contributed by atoms with Crippen LogP contribution in [0.1, 0.15) is 6.92 Å². The number of carbonyl (C=O) groups is 1. The molecule has 32 heavy (non-hydrogen) atoms. The maximum atomic E-state index is 12.4. The van der Waals surface area contributed by atoms with Crippen molar-refractivity contribution in [3.05, 3.63) is 48.5 Å². The minimum absolute atomic E-state index is 0.000382. The first-order valence-corrected chi connectivity index (χ1v) is 12.0. The molecule has 0 radical (unpaired) electrons. The van der Waals surface area contributed by atoms with E-state index < -0.39 is 6.10 Å². The first-order valence-electron chi connectivity index (χ1n) is 11.0. The van der Waals surface area contributed by atoms with Crippen molar-refractivity contribution in [3.8, 4) is 11.5 Å². The number of rotatable bonds is 11. The van der Waals surface area contributed by atoms with Gasteiger partial charge in [-0.05, 0) is 42.2 Å². The first kappa shape index (κ1) is 24.4. The second-order valence-electron chi connectivity index (χ2n) is 7.70. The van der Waals surface area contributed by atoms with Gasteiger partial charge in [-0.2, -0.15) is 0 Å². The predicted octanol–water partition coefficient (Wildman–Crippen LogP) is 2.80. The van der Waals surface area contributed by atoms with Gasteiger partial charge in [0.1, 0.15) is 12.7 Å². The van der Waals surface area contributed by atoms with Crippen LogP contribution in [0.3, 0.4) is 0 Å². The number of methoxy groups -OCH3 is 1. The fourth-order valence-corrected chi connectivity index (χ4v) is 4.27. The van der Waals surface area contributed by atoms with Crippen molar-refractivity contribution >= 4 is 23.4 Å². The van der Waals surface area contributed by atoms with Gasteiger partial charge in [0.15, 0.2) is 11.5 Å². The number of thioether (sulfide) groups is 1. The summed E-state index contributed by atoms with van der Waals surface area (Å²) in [6, 6.07) is 15.4. The Kier molecular flexibility index (Phi) is 9.67. The molecule has 0 bridgehead atoms. The van der Waals surface area contributed by atoms with E-state index in [4.69, 9.17) is 9.47 Å². The zero-order valence-corrected chi connectivity index (χ0v) is 19.6. The highest BCUT2D eigenvalue weighted by molar-refractivity contribution is 7.99. The summed E-state index contributed by atoms with van der Waals surface area (Å²) in [4.78, 5) is 17.9. The van der Waals surface area contributed by atoms with E-state index in [1.807, 2.05) is 48.5 Å².